The van der Waals surface area contributed by atoms with Gasteiger partial charge in [-0.25, -0.2) is 4.79 Å². The first-order valence-electron chi connectivity index (χ1n) is 11.6. The summed E-state index contributed by atoms with van der Waals surface area (Å²) >= 11 is 0. The van der Waals surface area contributed by atoms with Crippen molar-refractivity contribution in [2.75, 3.05) is 0 Å². The van der Waals surface area contributed by atoms with Gasteiger partial charge in [-0.15, -0.1) is 0 Å². The van der Waals surface area contributed by atoms with E-state index >= 15 is 0 Å². The molecule has 2 N–H and O–H groups in total. The molecule has 2 fully saturated rings. The highest BCUT2D eigenvalue weighted by molar-refractivity contribution is 6.33. The Labute approximate surface area is 181 Å². The topological polar surface area (TPSA) is 87.1 Å². The second-order valence-corrected chi connectivity index (χ2v) is 9.51. The van der Waals surface area contributed by atoms with Crippen LogP contribution in [0.15, 0.2) is 23.8 Å². The van der Waals surface area contributed by atoms with Crippen molar-refractivity contribution in [2.45, 2.75) is 103 Å². The van der Waals surface area contributed by atoms with Crippen LogP contribution in [0.1, 0.15) is 85.0 Å². The first-order valence-corrected chi connectivity index (χ1v) is 11.6. The molecule has 1 saturated heterocycles. The molecular weight excluding hydrogens is 380 g/mol. The SMILES string of the molecule is C=C1CC[C@H](CCCCCCCC=C(C)C)[C@H]1C[C@H]1OC1C(O)C(C)C(=O)C(=O)O. The smallest absolute Gasteiger partial charge is 0.372 e. The average molecular weight is 421 g/mol. The van der Waals surface area contributed by atoms with Crippen molar-refractivity contribution in [3.63, 3.8) is 0 Å². The van der Waals surface area contributed by atoms with Crippen molar-refractivity contribution in [2.24, 2.45) is 17.8 Å². The summed E-state index contributed by atoms with van der Waals surface area (Å²) in [4.78, 5) is 22.4. The number of ketones is 1. The summed E-state index contributed by atoms with van der Waals surface area (Å²) in [6, 6.07) is 0. The van der Waals surface area contributed by atoms with E-state index in [1.807, 2.05) is 0 Å². The predicted molar refractivity (Wildman–Crippen MR) is 118 cm³/mol. The maximum absolute atomic E-state index is 11.6. The summed E-state index contributed by atoms with van der Waals surface area (Å²) in [7, 11) is 0. The average Bonchev–Trinajstić information content (AvgIpc) is 3.39. The Morgan fingerprint density at radius 2 is 1.87 bits per heavy atom. The molecule has 0 radical (unpaired) electrons. The lowest BCUT2D eigenvalue weighted by Gasteiger charge is -2.20. The Hall–Kier alpha value is -1.46. The molecule has 5 heteroatoms. The quantitative estimate of drug-likeness (QED) is 0.177. The molecule has 1 saturated carbocycles. The summed E-state index contributed by atoms with van der Waals surface area (Å²) in [6.07, 6.45) is 12.6. The van der Waals surface area contributed by atoms with E-state index in [0.29, 0.717) is 11.8 Å². The van der Waals surface area contributed by atoms with Gasteiger partial charge in [0.1, 0.15) is 6.10 Å². The summed E-state index contributed by atoms with van der Waals surface area (Å²) in [6.45, 7) is 10.0. The first-order chi connectivity index (χ1) is 14.2. The molecule has 0 aromatic carbocycles. The maximum Gasteiger partial charge on any atom is 0.372 e. The van der Waals surface area contributed by atoms with Gasteiger partial charge in [0.05, 0.1) is 18.1 Å². The number of hydrogen-bond acceptors (Lipinski definition) is 4. The van der Waals surface area contributed by atoms with Gasteiger partial charge >= 0.3 is 5.97 Å². The third-order valence-electron chi connectivity index (χ3n) is 6.84. The van der Waals surface area contributed by atoms with Gasteiger partial charge in [-0.3, -0.25) is 4.79 Å². The molecule has 170 valence electrons. The third-order valence-corrected chi connectivity index (χ3v) is 6.84. The molecule has 2 aliphatic rings. The van der Waals surface area contributed by atoms with Crippen molar-refractivity contribution in [1.82, 2.24) is 0 Å². The summed E-state index contributed by atoms with van der Waals surface area (Å²) < 4.78 is 5.64. The molecule has 0 amide bonds. The normalized spacial score (nSPS) is 27.5. The fourth-order valence-corrected chi connectivity index (χ4v) is 4.80. The van der Waals surface area contributed by atoms with E-state index in [1.165, 1.54) is 69.4 Å². The third kappa shape index (κ3) is 7.35. The van der Waals surface area contributed by atoms with Crippen LogP contribution in [-0.4, -0.2) is 40.3 Å². The van der Waals surface area contributed by atoms with Crippen LogP contribution in [0.2, 0.25) is 0 Å². The minimum atomic E-state index is -1.50. The van der Waals surface area contributed by atoms with Crippen molar-refractivity contribution in [3.05, 3.63) is 23.8 Å². The Balaban J connectivity index is 1.69. The molecule has 2 rings (SSSR count). The fourth-order valence-electron chi connectivity index (χ4n) is 4.80. The van der Waals surface area contributed by atoms with Crippen LogP contribution in [0.5, 0.6) is 0 Å². The number of epoxide rings is 1. The molecule has 5 nitrogen and oxygen atoms in total. The first kappa shape index (κ1) is 24.8. The summed E-state index contributed by atoms with van der Waals surface area (Å²) in [5.41, 5.74) is 2.68. The number of aliphatic hydroxyl groups is 1. The number of carbonyl (C=O) groups excluding carboxylic acids is 1. The number of unbranched alkanes of at least 4 members (excludes halogenated alkanes) is 5. The van der Waals surface area contributed by atoms with E-state index in [4.69, 9.17) is 9.84 Å². The van der Waals surface area contributed by atoms with Crippen molar-refractivity contribution >= 4 is 11.8 Å². The summed E-state index contributed by atoms with van der Waals surface area (Å²) in [5.74, 6) is -2.36. The van der Waals surface area contributed by atoms with Gasteiger partial charge in [-0.05, 0) is 64.2 Å². The van der Waals surface area contributed by atoms with Gasteiger partial charge in [0.15, 0.2) is 0 Å². The zero-order valence-corrected chi connectivity index (χ0v) is 18.9. The number of carboxylic acid groups (broad SMARTS) is 1. The minimum absolute atomic E-state index is 0.0959. The standard InChI is InChI=1S/C25H40O5/c1-16(2)11-9-7-5-6-8-10-12-19-14-13-17(3)20(19)15-21-24(30-21)22(26)18(4)23(27)25(28)29/h11,18-22,24,26H,3,5-10,12-15H2,1-2,4H3,(H,28,29)/t18?,19-,20-,21+,22?,24?/m0/s1. The van der Waals surface area contributed by atoms with Gasteiger partial charge in [0.2, 0.25) is 5.78 Å². The predicted octanol–water partition coefficient (Wildman–Crippen LogP) is 5.07. The number of aliphatic hydroxyl groups excluding tert-OH is 1. The number of ether oxygens (including phenoxy) is 1. The van der Waals surface area contributed by atoms with E-state index < -0.39 is 29.9 Å². The van der Waals surface area contributed by atoms with Crippen LogP contribution in [-0.2, 0) is 14.3 Å². The Kier molecular flexibility index (Phi) is 9.76. The van der Waals surface area contributed by atoms with E-state index in [2.05, 4.69) is 26.5 Å². The molecule has 1 aliphatic heterocycles. The minimum Gasteiger partial charge on any atom is -0.475 e. The molecule has 3 unspecified atom stereocenters. The number of allylic oxidation sites excluding steroid dienone is 3. The van der Waals surface area contributed by atoms with Gasteiger partial charge < -0.3 is 14.9 Å². The molecule has 30 heavy (non-hydrogen) atoms. The number of carbonyl (C=O) groups is 2. The molecule has 0 spiro atoms. The Morgan fingerprint density at radius 1 is 1.20 bits per heavy atom. The van der Waals surface area contributed by atoms with E-state index in [0.717, 1.165) is 12.8 Å². The fraction of sp³-hybridized carbons (Fsp3) is 0.760. The van der Waals surface area contributed by atoms with Crippen LogP contribution in [0, 0.1) is 17.8 Å². The number of aliphatic carboxylic acids is 1. The van der Waals surface area contributed by atoms with Crippen LogP contribution in [0.25, 0.3) is 0 Å². The van der Waals surface area contributed by atoms with Crippen molar-refractivity contribution in [1.29, 1.82) is 0 Å². The molecule has 0 aromatic rings. The second kappa shape index (κ2) is 11.8. The van der Waals surface area contributed by atoms with Crippen LogP contribution < -0.4 is 0 Å². The lowest BCUT2D eigenvalue weighted by Crippen LogP contribution is -2.35. The number of carboxylic acids is 1. The van der Waals surface area contributed by atoms with Gasteiger partial charge in [0, 0.05) is 0 Å². The molecule has 0 bridgehead atoms. The molecule has 6 atom stereocenters. The van der Waals surface area contributed by atoms with Gasteiger partial charge in [-0.2, -0.15) is 0 Å². The molecular formula is C25H40O5. The van der Waals surface area contributed by atoms with Crippen LogP contribution in [0.3, 0.4) is 0 Å². The second-order valence-electron chi connectivity index (χ2n) is 9.51. The summed E-state index contributed by atoms with van der Waals surface area (Å²) in [5, 5.41) is 19.1. The van der Waals surface area contributed by atoms with Crippen molar-refractivity contribution in [3.8, 4) is 0 Å². The van der Waals surface area contributed by atoms with Crippen molar-refractivity contribution < 1.29 is 24.5 Å². The van der Waals surface area contributed by atoms with Gasteiger partial charge in [-0.1, -0.05) is 56.4 Å². The maximum atomic E-state index is 11.6. The highest BCUT2D eigenvalue weighted by Gasteiger charge is 2.50. The highest BCUT2D eigenvalue weighted by atomic mass is 16.6. The zero-order chi connectivity index (χ0) is 22.3. The van der Waals surface area contributed by atoms with Gasteiger partial charge in [0.25, 0.3) is 0 Å². The van der Waals surface area contributed by atoms with E-state index in [-0.39, 0.29) is 6.10 Å². The Bertz CT molecular complexity index is 633. The monoisotopic (exact) mass is 420 g/mol. The van der Waals surface area contributed by atoms with Crippen LogP contribution >= 0.6 is 0 Å². The largest absolute Gasteiger partial charge is 0.475 e. The van der Waals surface area contributed by atoms with Crippen LogP contribution in [0.4, 0.5) is 0 Å². The number of rotatable bonds is 14. The lowest BCUT2D eigenvalue weighted by molar-refractivity contribution is -0.152. The zero-order valence-electron chi connectivity index (χ0n) is 18.9. The Morgan fingerprint density at radius 3 is 2.53 bits per heavy atom. The number of Topliss-reactive ketones (excluding diaryl/α,β-unsaturated/α-hetero) is 1. The molecule has 0 aromatic heterocycles. The lowest BCUT2D eigenvalue weighted by atomic mass is 9.84. The highest BCUT2D eigenvalue weighted by Crippen LogP contribution is 2.45. The molecule has 1 aliphatic carbocycles. The van der Waals surface area contributed by atoms with E-state index in [1.54, 1.807) is 0 Å². The number of hydrogen-bond donors (Lipinski definition) is 2. The molecule has 1 heterocycles. The van der Waals surface area contributed by atoms with E-state index in [9.17, 15) is 14.7 Å².